The Kier molecular flexibility index (Phi) is 9.03. The molecule has 0 amide bonds. The molecule has 0 spiro atoms. The maximum absolute atomic E-state index is 13.0. The summed E-state index contributed by atoms with van der Waals surface area (Å²) in [6.45, 7) is 1.16. The van der Waals surface area contributed by atoms with E-state index in [0.717, 1.165) is 0 Å². The van der Waals surface area contributed by atoms with E-state index >= 15 is 0 Å². The Hall–Kier alpha value is -2.84. The number of carbonyl (C=O) groups is 1. The van der Waals surface area contributed by atoms with E-state index in [1.807, 2.05) is 0 Å². The molecule has 0 heterocycles. The Morgan fingerprint density at radius 2 is 1.79 bits per heavy atom. The Bertz CT molecular complexity index is 725. The molecule has 0 radical (unpaired) electrons. The maximum atomic E-state index is 13.0. The van der Waals surface area contributed by atoms with Crippen LogP contribution in [0.3, 0.4) is 0 Å². The summed E-state index contributed by atoms with van der Waals surface area (Å²) in [7, 11) is 1.30. The lowest BCUT2D eigenvalue weighted by atomic mass is 10.3. The number of benzene rings is 2. The zero-order valence-corrected chi connectivity index (χ0v) is 15.6. The van der Waals surface area contributed by atoms with Crippen molar-refractivity contribution in [2.45, 2.75) is 6.10 Å². The highest BCUT2D eigenvalue weighted by Crippen LogP contribution is 2.17. The predicted molar refractivity (Wildman–Crippen MR) is 100 cm³/mol. The minimum Gasteiger partial charge on any atom is -0.492 e. The zero-order valence-electron chi connectivity index (χ0n) is 15.6. The third-order valence-electron chi connectivity index (χ3n) is 3.57. The molecule has 0 bridgehead atoms. The summed E-state index contributed by atoms with van der Waals surface area (Å²) < 4.78 is 33.7. The topological polar surface area (TPSA) is 86.3 Å². The Morgan fingerprint density at radius 3 is 2.46 bits per heavy atom. The summed E-state index contributed by atoms with van der Waals surface area (Å²) in [5, 5.41) is 12.9. The molecule has 2 N–H and O–H groups in total. The van der Waals surface area contributed by atoms with Crippen LogP contribution in [0.15, 0.2) is 48.5 Å². The van der Waals surface area contributed by atoms with Gasteiger partial charge >= 0.3 is 5.97 Å². The van der Waals surface area contributed by atoms with Gasteiger partial charge < -0.3 is 29.4 Å². The number of hydrogen-bond donors (Lipinski definition) is 2. The maximum Gasteiger partial charge on any atom is 0.343 e. The van der Waals surface area contributed by atoms with Gasteiger partial charge in [-0.1, -0.05) is 6.07 Å². The molecular formula is C20H24FNO6. The molecule has 0 saturated heterocycles. The average Bonchev–Trinajstić information content (AvgIpc) is 2.71. The van der Waals surface area contributed by atoms with Crippen molar-refractivity contribution >= 4 is 5.97 Å². The Balaban J connectivity index is 1.56. The molecule has 1 atom stereocenters. The first-order chi connectivity index (χ1) is 13.6. The lowest BCUT2D eigenvalue weighted by Gasteiger charge is -2.14. The summed E-state index contributed by atoms with van der Waals surface area (Å²) in [4.78, 5) is 11.0. The van der Waals surface area contributed by atoms with E-state index in [0.29, 0.717) is 36.9 Å². The SMILES string of the molecule is COC(=O)COc1ccc(OCCNCC(O)COc2cccc(F)c2)cc1. The number of aliphatic hydroxyl groups excluding tert-OH is 1. The Morgan fingerprint density at radius 1 is 1.07 bits per heavy atom. The van der Waals surface area contributed by atoms with Gasteiger partial charge in [-0.3, -0.25) is 0 Å². The first-order valence-electron chi connectivity index (χ1n) is 8.76. The lowest BCUT2D eigenvalue weighted by molar-refractivity contribution is -0.142. The number of halogens is 1. The summed E-state index contributed by atoms with van der Waals surface area (Å²) in [5.74, 6) is 0.737. The molecular weight excluding hydrogens is 369 g/mol. The lowest BCUT2D eigenvalue weighted by Crippen LogP contribution is -2.33. The second kappa shape index (κ2) is 11.8. The highest BCUT2D eigenvalue weighted by Gasteiger charge is 2.06. The van der Waals surface area contributed by atoms with Gasteiger partial charge in [-0.25, -0.2) is 9.18 Å². The highest BCUT2D eigenvalue weighted by atomic mass is 19.1. The normalized spacial score (nSPS) is 11.5. The van der Waals surface area contributed by atoms with Crippen LogP contribution < -0.4 is 19.5 Å². The van der Waals surface area contributed by atoms with E-state index in [2.05, 4.69) is 10.1 Å². The van der Waals surface area contributed by atoms with Crippen LogP contribution in [-0.2, 0) is 9.53 Å². The van der Waals surface area contributed by atoms with E-state index in [9.17, 15) is 14.3 Å². The molecule has 0 aliphatic rings. The number of hydrogen-bond acceptors (Lipinski definition) is 7. The van der Waals surface area contributed by atoms with Gasteiger partial charge in [0.05, 0.1) is 7.11 Å². The van der Waals surface area contributed by atoms with Gasteiger partial charge in [-0.15, -0.1) is 0 Å². The van der Waals surface area contributed by atoms with Gasteiger partial charge in [0.15, 0.2) is 6.61 Å². The van der Waals surface area contributed by atoms with Crippen LogP contribution in [0.1, 0.15) is 0 Å². The van der Waals surface area contributed by atoms with Crippen LogP contribution in [0.2, 0.25) is 0 Å². The van der Waals surface area contributed by atoms with Crippen LogP contribution in [0.5, 0.6) is 17.2 Å². The molecule has 2 rings (SSSR count). The largest absolute Gasteiger partial charge is 0.492 e. The Labute approximate surface area is 163 Å². The van der Waals surface area contributed by atoms with E-state index in [-0.39, 0.29) is 19.0 Å². The summed E-state index contributed by atoms with van der Waals surface area (Å²) in [5.41, 5.74) is 0. The molecule has 1 unspecified atom stereocenters. The summed E-state index contributed by atoms with van der Waals surface area (Å²) in [6, 6.07) is 12.6. The van der Waals surface area contributed by atoms with Gasteiger partial charge in [0.2, 0.25) is 0 Å². The minimum atomic E-state index is -0.727. The fourth-order valence-corrected chi connectivity index (χ4v) is 2.15. The fraction of sp³-hybridized carbons (Fsp3) is 0.350. The molecule has 0 aliphatic heterocycles. The van der Waals surface area contributed by atoms with Crippen LogP contribution in [0.25, 0.3) is 0 Å². The van der Waals surface area contributed by atoms with E-state index in [1.54, 1.807) is 36.4 Å². The molecule has 0 saturated carbocycles. The molecule has 8 heteroatoms. The average molecular weight is 393 g/mol. The van der Waals surface area contributed by atoms with E-state index in [4.69, 9.17) is 14.2 Å². The number of methoxy groups -OCH3 is 1. The number of carbonyl (C=O) groups excluding carboxylic acids is 1. The van der Waals surface area contributed by atoms with Gasteiger partial charge in [0, 0.05) is 19.2 Å². The number of rotatable bonds is 12. The third kappa shape index (κ3) is 8.24. The number of ether oxygens (including phenoxy) is 4. The first-order valence-corrected chi connectivity index (χ1v) is 8.76. The molecule has 2 aromatic rings. The molecule has 28 heavy (non-hydrogen) atoms. The number of esters is 1. The van der Waals surface area contributed by atoms with Crippen LogP contribution in [0.4, 0.5) is 4.39 Å². The van der Waals surface area contributed by atoms with Crippen molar-refractivity contribution in [2.24, 2.45) is 0 Å². The van der Waals surface area contributed by atoms with Crippen LogP contribution in [-0.4, -0.2) is 57.2 Å². The summed E-state index contributed by atoms with van der Waals surface area (Å²) >= 11 is 0. The van der Waals surface area contributed by atoms with E-state index in [1.165, 1.54) is 19.2 Å². The molecule has 7 nitrogen and oxygen atoms in total. The van der Waals surface area contributed by atoms with Crippen molar-refractivity contribution in [3.63, 3.8) is 0 Å². The third-order valence-corrected chi connectivity index (χ3v) is 3.57. The quantitative estimate of drug-likeness (QED) is 0.420. The standard InChI is InChI=1S/C20H24FNO6/c1-25-20(24)14-28-18-7-5-17(6-8-18)26-10-9-22-12-16(23)13-27-19-4-2-3-15(21)11-19/h2-8,11,16,22-23H,9-10,12-14H2,1H3. The number of aliphatic hydroxyl groups is 1. The molecule has 2 aromatic carbocycles. The zero-order chi connectivity index (χ0) is 20.2. The van der Waals surface area contributed by atoms with Crippen LogP contribution in [0, 0.1) is 5.82 Å². The monoisotopic (exact) mass is 393 g/mol. The molecule has 152 valence electrons. The van der Waals surface area contributed by atoms with Crippen molar-refractivity contribution in [3.05, 3.63) is 54.3 Å². The molecule has 0 aliphatic carbocycles. The van der Waals surface area contributed by atoms with E-state index < -0.39 is 12.1 Å². The van der Waals surface area contributed by atoms with Crippen molar-refractivity contribution in [1.29, 1.82) is 0 Å². The predicted octanol–water partition coefficient (Wildman–Crippen LogP) is 1.79. The smallest absolute Gasteiger partial charge is 0.343 e. The van der Waals surface area contributed by atoms with Crippen molar-refractivity contribution in [2.75, 3.05) is 40.0 Å². The molecule has 0 aromatic heterocycles. The first kappa shape index (κ1) is 21.5. The summed E-state index contributed by atoms with van der Waals surface area (Å²) in [6.07, 6.45) is -0.727. The van der Waals surface area contributed by atoms with Gasteiger partial charge in [0.25, 0.3) is 0 Å². The minimum absolute atomic E-state index is 0.0599. The second-order valence-corrected chi connectivity index (χ2v) is 5.81. The van der Waals surface area contributed by atoms with Crippen LogP contribution >= 0.6 is 0 Å². The molecule has 0 fully saturated rings. The van der Waals surface area contributed by atoms with Gasteiger partial charge in [-0.2, -0.15) is 0 Å². The highest BCUT2D eigenvalue weighted by molar-refractivity contribution is 5.70. The van der Waals surface area contributed by atoms with Crippen molar-refractivity contribution in [3.8, 4) is 17.2 Å². The van der Waals surface area contributed by atoms with Crippen molar-refractivity contribution in [1.82, 2.24) is 5.32 Å². The van der Waals surface area contributed by atoms with Crippen molar-refractivity contribution < 1.29 is 33.2 Å². The second-order valence-electron chi connectivity index (χ2n) is 5.81. The fourth-order valence-electron chi connectivity index (χ4n) is 2.15. The van der Waals surface area contributed by atoms with Gasteiger partial charge in [0.1, 0.15) is 42.4 Å². The van der Waals surface area contributed by atoms with Gasteiger partial charge in [-0.05, 0) is 36.4 Å². The number of nitrogens with one attached hydrogen (secondary N) is 1.